The van der Waals surface area contributed by atoms with Crippen LogP contribution < -0.4 is 5.32 Å². The van der Waals surface area contributed by atoms with Crippen LogP contribution in [0.1, 0.15) is 24.5 Å². The number of hydrogen-bond donors (Lipinski definition) is 1. The van der Waals surface area contributed by atoms with Gasteiger partial charge < -0.3 is 5.32 Å². The van der Waals surface area contributed by atoms with Crippen LogP contribution in [-0.4, -0.2) is 23.1 Å². The maximum atomic E-state index is 4.66. The number of fused-ring (bicyclic) bond motifs is 1. The Bertz CT molecular complexity index is 495. The monoisotopic (exact) mass is 249 g/mol. The lowest BCUT2D eigenvalue weighted by Crippen LogP contribution is -2.27. The van der Waals surface area contributed by atoms with Crippen LogP contribution in [0.5, 0.6) is 0 Å². The first kappa shape index (κ1) is 12.3. The highest BCUT2D eigenvalue weighted by Gasteiger charge is 2.16. The minimum atomic E-state index is 0. The molecule has 1 aliphatic rings. The van der Waals surface area contributed by atoms with Crippen molar-refractivity contribution in [3.8, 4) is 0 Å². The van der Waals surface area contributed by atoms with Crippen LogP contribution in [-0.2, 0) is 0 Å². The maximum absolute atomic E-state index is 4.66. The number of piperidine rings is 1. The summed E-state index contributed by atoms with van der Waals surface area (Å²) in [4.78, 5) is 8.97. The van der Waals surface area contributed by atoms with Gasteiger partial charge in [-0.2, -0.15) is 0 Å². The molecule has 3 heterocycles. The predicted octanol–water partition coefficient (Wildman–Crippen LogP) is 2.52. The molecule has 1 aliphatic heterocycles. The maximum Gasteiger partial charge on any atom is 0.159 e. The van der Waals surface area contributed by atoms with E-state index in [1.165, 1.54) is 18.5 Å². The minimum absolute atomic E-state index is 0. The summed E-state index contributed by atoms with van der Waals surface area (Å²) in [5, 5.41) is 4.50. The quantitative estimate of drug-likeness (QED) is 0.844. The van der Waals surface area contributed by atoms with Crippen molar-refractivity contribution in [1.29, 1.82) is 0 Å². The van der Waals surface area contributed by atoms with E-state index in [1.54, 1.807) is 0 Å². The highest BCUT2D eigenvalue weighted by molar-refractivity contribution is 5.85. The van der Waals surface area contributed by atoms with Gasteiger partial charge in [-0.3, -0.25) is 0 Å². The van der Waals surface area contributed by atoms with Gasteiger partial charge in [-0.25, -0.2) is 9.97 Å². The van der Waals surface area contributed by atoms with E-state index in [0.29, 0.717) is 5.92 Å². The largest absolute Gasteiger partial charge is 0.317 e. The summed E-state index contributed by atoms with van der Waals surface area (Å²) in [5.41, 5.74) is 2.08. The van der Waals surface area contributed by atoms with Crippen LogP contribution in [0.25, 0.3) is 11.0 Å². The Balaban J connectivity index is 0.00000108. The fourth-order valence-electron chi connectivity index (χ4n) is 2.31. The average molecular weight is 250 g/mol. The molecule has 2 aromatic heterocycles. The number of rotatable bonds is 1. The van der Waals surface area contributed by atoms with E-state index in [9.17, 15) is 0 Å². The van der Waals surface area contributed by atoms with Crippen LogP contribution in [0, 0.1) is 0 Å². The van der Waals surface area contributed by atoms with Gasteiger partial charge in [0.05, 0.1) is 0 Å². The van der Waals surface area contributed by atoms with Crippen molar-refractivity contribution >= 4 is 23.4 Å². The molecule has 0 atom stereocenters. The fraction of sp³-hybridized carbons (Fsp3) is 0.385. The van der Waals surface area contributed by atoms with Gasteiger partial charge in [0.15, 0.2) is 5.65 Å². The Morgan fingerprint density at radius 1 is 1.12 bits per heavy atom. The molecule has 2 aromatic rings. The molecule has 0 saturated carbocycles. The molecule has 1 fully saturated rings. The Kier molecular flexibility index (Phi) is 3.92. The third kappa shape index (κ3) is 2.56. The van der Waals surface area contributed by atoms with Crippen molar-refractivity contribution in [2.45, 2.75) is 18.8 Å². The molecule has 0 bridgehead atoms. The summed E-state index contributed by atoms with van der Waals surface area (Å²) in [5.74, 6) is 0.604. The van der Waals surface area contributed by atoms with Gasteiger partial charge in [0, 0.05) is 23.2 Å². The smallest absolute Gasteiger partial charge is 0.159 e. The molecule has 0 aromatic carbocycles. The van der Waals surface area contributed by atoms with Gasteiger partial charge in [0.25, 0.3) is 0 Å². The number of hydrogen-bond acceptors (Lipinski definition) is 3. The van der Waals surface area contributed by atoms with Crippen molar-refractivity contribution in [2.75, 3.05) is 13.1 Å². The standard InChI is InChI=1S/C13H15N3.ClH/c1-2-11-3-4-12(16-13(11)15-7-1)10-5-8-14-9-6-10;/h1-4,7,10,14H,5-6,8-9H2;1H. The van der Waals surface area contributed by atoms with Crippen molar-refractivity contribution in [3.05, 3.63) is 36.2 Å². The van der Waals surface area contributed by atoms with Crippen LogP contribution in [0.4, 0.5) is 0 Å². The minimum Gasteiger partial charge on any atom is -0.317 e. The summed E-state index contributed by atoms with van der Waals surface area (Å²) in [7, 11) is 0. The molecular formula is C13H16ClN3. The molecule has 1 N–H and O–H groups in total. The van der Waals surface area contributed by atoms with Crippen LogP contribution in [0.15, 0.2) is 30.5 Å². The van der Waals surface area contributed by atoms with E-state index in [0.717, 1.165) is 24.1 Å². The Morgan fingerprint density at radius 3 is 2.76 bits per heavy atom. The third-order valence-electron chi connectivity index (χ3n) is 3.24. The molecule has 3 nitrogen and oxygen atoms in total. The highest BCUT2D eigenvalue weighted by atomic mass is 35.5. The van der Waals surface area contributed by atoms with E-state index < -0.39 is 0 Å². The van der Waals surface area contributed by atoms with Crippen molar-refractivity contribution in [2.24, 2.45) is 0 Å². The number of pyridine rings is 2. The lowest BCUT2D eigenvalue weighted by molar-refractivity contribution is 0.454. The van der Waals surface area contributed by atoms with Crippen LogP contribution in [0.3, 0.4) is 0 Å². The molecule has 0 aliphatic carbocycles. The van der Waals surface area contributed by atoms with Gasteiger partial charge in [-0.1, -0.05) is 0 Å². The Labute approximate surface area is 107 Å². The molecule has 0 spiro atoms. The lowest BCUT2D eigenvalue weighted by Gasteiger charge is -2.22. The van der Waals surface area contributed by atoms with Gasteiger partial charge in [-0.15, -0.1) is 12.4 Å². The predicted molar refractivity (Wildman–Crippen MR) is 71.6 cm³/mol. The first-order valence-electron chi connectivity index (χ1n) is 5.86. The summed E-state index contributed by atoms with van der Waals surface area (Å²) in [6, 6.07) is 8.29. The molecule has 3 rings (SSSR count). The van der Waals surface area contributed by atoms with E-state index in [4.69, 9.17) is 0 Å². The van der Waals surface area contributed by atoms with Crippen molar-refractivity contribution in [3.63, 3.8) is 0 Å². The van der Waals surface area contributed by atoms with E-state index >= 15 is 0 Å². The summed E-state index contributed by atoms with van der Waals surface area (Å²) >= 11 is 0. The first-order valence-corrected chi connectivity index (χ1v) is 5.86. The van der Waals surface area contributed by atoms with Gasteiger partial charge in [0.2, 0.25) is 0 Å². The topological polar surface area (TPSA) is 37.8 Å². The molecule has 4 heteroatoms. The van der Waals surface area contributed by atoms with E-state index in [-0.39, 0.29) is 12.4 Å². The van der Waals surface area contributed by atoms with Crippen molar-refractivity contribution in [1.82, 2.24) is 15.3 Å². The molecular weight excluding hydrogens is 234 g/mol. The third-order valence-corrected chi connectivity index (χ3v) is 3.24. The second kappa shape index (κ2) is 5.43. The fourth-order valence-corrected chi connectivity index (χ4v) is 2.31. The SMILES string of the molecule is Cl.c1cnc2nc(C3CCNCC3)ccc2c1. The summed E-state index contributed by atoms with van der Waals surface area (Å²) in [6.45, 7) is 2.21. The summed E-state index contributed by atoms with van der Waals surface area (Å²) < 4.78 is 0. The van der Waals surface area contributed by atoms with Gasteiger partial charge in [0.1, 0.15) is 0 Å². The van der Waals surface area contributed by atoms with Crippen LogP contribution >= 0.6 is 12.4 Å². The highest BCUT2D eigenvalue weighted by Crippen LogP contribution is 2.24. The second-order valence-corrected chi connectivity index (χ2v) is 4.31. The zero-order valence-corrected chi connectivity index (χ0v) is 10.4. The average Bonchev–Trinajstić information content (AvgIpc) is 2.39. The molecule has 0 unspecified atom stereocenters. The first-order chi connectivity index (χ1) is 7.93. The number of nitrogens with one attached hydrogen (secondary N) is 1. The Morgan fingerprint density at radius 2 is 1.94 bits per heavy atom. The number of halogens is 1. The molecule has 90 valence electrons. The number of nitrogens with zero attached hydrogens (tertiary/aromatic N) is 2. The van der Waals surface area contributed by atoms with E-state index in [2.05, 4.69) is 33.5 Å². The molecule has 0 radical (unpaired) electrons. The zero-order chi connectivity index (χ0) is 10.8. The van der Waals surface area contributed by atoms with Crippen LogP contribution in [0.2, 0.25) is 0 Å². The normalized spacial score (nSPS) is 16.7. The molecule has 1 saturated heterocycles. The second-order valence-electron chi connectivity index (χ2n) is 4.31. The Hall–Kier alpha value is -1.19. The molecule has 0 amide bonds. The number of aromatic nitrogens is 2. The summed E-state index contributed by atoms with van der Waals surface area (Å²) in [6.07, 6.45) is 4.18. The molecule has 17 heavy (non-hydrogen) atoms. The zero-order valence-electron chi connectivity index (χ0n) is 9.60. The van der Waals surface area contributed by atoms with Gasteiger partial charge in [-0.05, 0) is 50.2 Å². The van der Waals surface area contributed by atoms with Gasteiger partial charge >= 0.3 is 0 Å². The van der Waals surface area contributed by atoms with E-state index in [1.807, 2.05) is 12.3 Å². The lowest BCUT2D eigenvalue weighted by atomic mass is 9.94. The van der Waals surface area contributed by atoms with Crippen molar-refractivity contribution < 1.29 is 0 Å².